The van der Waals surface area contributed by atoms with E-state index in [1.54, 1.807) is 24.3 Å². The number of rotatable bonds is 5. The van der Waals surface area contributed by atoms with Crippen LogP contribution in [0.5, 0.6) is 0 Å². The molecule has 1 aromatic carbocycles. The van der Waals surface area contributed by atoms with Crippen molar-refractivity contribution in [1.29, 1.82) is 0 Å². The van der Waals surface area contributed by atoms with E-state index >= 15 is 0 Å². The normalized spacial score (nSPS) is 22.8. The maximum absolute atomic E-state index is 13.3. The Bertz CT molecular complexity index is 973. The van der Waals surface area contributed by atoms with Crippen molar-refractivity contribution in [3.63, 3.8) is 0 Å². The van der Waals surface area contributed by atoms with Crippen LogP contribution in [0.2, 0.25) is 0 Å². The Morgan fingerprint density at radius 1 is 1.13 bits per heavy atom. The molecule has 156 valence electrons. The maximum atomic E-state index is 13.3. The largest absolute Gasteiger partial charge is 0.452 e. The molecule has 4 rings (SSSR count). The van der Waals surface area contributed by atoms with Crippen molar-refractivity contribution >= 4 is 35.3 Å². The van der Waals surface area contributed by atoms with E-state index < -0.39 is 30.1 Å². The number of hydrogen-bond donors (Lipinski definition) is 0. The average Bonchev–Trinajstić information content (AvgIpc) is 3.33. The number of para-hydroxylation sites is 1. The zero-order chi connectivity index (χ0) is 21.5. The van der Waals surface area contributed by atoms with Crippen molar-refractivity contribution in [2.75, 3.05) is 24.6 Å². The summed E-state index contributed by atoms with van der Waals surface area (Å²) in [6.07, 6.45) is 2.40. The summed E-state index contributed by atoms with van der Waals surface area (Å²) in [5, 5.41) is 0. The third kappa shape index (κ3) is 2.80. The van der Waals surface area contributed by atoms with Crippen LogP contribution in [0.4, 0.5) is 5.69 Å². The lowest BCUT2D eigenvalue weighted by Crippen LogP contribution is -2.68. The summed E-state index contributed by atoms with van der Waals surface area (Å²) in [6.45, 7) is 3.33. The molecule has 2 fully saturated rings. The summed E-state index contributed by atoms with van der Waals surface area (Å²) in [5.74, 6) is -2.53. The molecule has 4 amide bonds. The highest BCUT2D eigenvalue weighted by Crippen LogP contribution is 2.45. The first-order chi connectivity index (χ1) is 14.4. The molecule has 1 atom stereocenters. The van der Waals surface area contributed by atoms with Gasteiger partial charge in [-0.1, -0.05) is 18.2 Å². The molecule has 0 bridgehead atoms. The highest BCUT2D eigenvalue weighted by Gasteiger charge is 2.61. The second-order valence-electron chi connectivity index (χ2n) is 7.39. The number of carbonyl (C=O) groups excluding carboxylic acids is 5. The predicted octanol–water partition coefficient (Wildman–Crippen LogP) is 0.844. The van der Waals surface area contributed by atoms with Crippen LogP contribution in [0, 0.1) is 0 Å². The van der Waals surface area contributed by atoms with Gasteiger partial charge in [-0.25, -0.2) is 4.79 Å². The number of likely N-dealkylation sites (tertiary alicyclic amines) is 1. The lowest BCUT2D eigenvalue weighted by molar-refractivity contribution is -0.163. The molecule has 9 nitrogen and oxygen atoms in total. The lowest BCUT2D eigenvalue weighted by Gasteiger charge is -2.48. The van der Waals surface area contributed by atoms with Crippen LogP contribution in [0.25, 0.3) is 0 Å². The lowest BCUT2D eigenvalue weighted by atomic mass is 9.96. The molecule has 3 heterocycles. The van der Waals surface area contributed by atoms with Crippen LogP contribution in [0.3, 0.4) is 0 Å². The van der Waals surface area contributed by atoms with Gasteiger partial charge in [-0.15, -0.1) is 6.58 Å². The van der Waals surface area contributed by atoms with Crippen LogP contribution >= 0.6 is 0 Å². The van der Waals surface area contributed by atoms with Crippen molar-refractivity contribution in [2.24, 2.45) is 0 Å². The summed E-state index contributed by atoms with van der Waals surface area (Å²) in [4.78, 5) is 66.9. The molecule has 0 aliphatic carbocycles. The van der Waals surface area contributed by atoms with E-state index in [-0.39, 0.29) is 37.6 Å². The Labute approximate surface area is 172 Å². The molecular formula is C21H21N3O6. The van der Waals surface area contributed by atoms with Gasteiger partial charge in [-0.2, -0.15) is 0 Å². The van der Waals surface area contributed by atoms with Crippen molar-refractivity contribution < 1.29 is 28.7 Å². The van der Waals surface area contributed by atoms with Gasteiger partial charge < -0.3 is 9.64 Å². The van der Waals surface area contributed by atoms with Crippen molar-refractivity contribution in [3.05, 3.63) is 42.5 Å². The van der Waals surface area contributed by atoms with Crippen molar-refractivity contribution in [3.8, 4) is 0 Å². The number of nitrogens with zero attached hydrogens (tertiary/aromatic N) is 3. The maximum Gasteiger partial charge on any atom is 0.354 e. The van der Waals surface area contributed by atoms with Crippen LogP contribution in [0.15, 0.2) is 36.9 Å². The van der Waals surface area contributed by atoms with Crippen LogP contribution < -0.4 is 4.90 Å². The highest BCUT2D eigenvalue weighted by atomic mass is 16.5. The summed E-state index contributed by atoms with van der Waals surface area (Å²) in [5.41, 5.74) is -1.05. The van der Waals surface area contributed by atoms with Crippen LogP contribution in [0.1, 0.15) is 36.0 Å². The summed E-state index contributed by atoms with van der Waals surface area (Å²) in [7, 11) is 0. The molecule has 0 radical (unpaired) electrons. The molecule has 0 spiro atoms. The Morgan fingerprint density at radius 3 is 2.60 bits per heavy atom. The minimum atomic E-state index is -1.69. The fourth-order valence-corrected chi connectivity index (χ4v) is 4.36. The highest BCUT2D eigenvalue weighted by molar-refractivity contribution is 6.15. The Kier molecular flexibility index (Phi) is 4.89. The van der Waals surface area contributed by atoms with Gasteiger partial charge >= 0.3 is 5.97 Å². The smallest absolute Gasteiger partial charge is 0.354 e. The molecule has 9 heteroatoms. The number of esters is 1. The van der Waals surface area contributed by atoms with E-state index in [1.807, 2.05) is 0 Å². The SMILES string of the molecule is C=CCN1C(=O)c2ccccc2N2C(=O)CC[C@]12C(=O)OCC(=O)N1CCCC1=O. The second kappa shape index (κ2) is 7.40. The van der Waals surface area contributed by atoms with Gasteiger partial charge in [-0.3, -0.25) is 29.0 Å². The monoisotopic (exact) mass is 411 g/mol. The van der Waals surface area contributed by atoms with Gasteiger partial charge in [0.2, 0.25) is 17.5 Å². The molecule has 2 saturated heterocycles. The Hall–Kier alpha value is -3.49. The molecule has 0 aromatic heterocycles. The van der Waals surface area contributed by atoms with E-state index in [1.165, 1.54) is 15.9 Å². The van der Waals surface area contributed by atoms with Crippen LogP contribution in [-0.4, -0.2) is 64.8 Å². The zero-order valence-corrected chi connectivity index (χ0v) is 16.3. The van der Waals surface area contributed by atoms with Gasteiger partial charge in [0, 0.05) is 32.4 Å². The summed E-state index contributed by atoms with van der Waals surface area (Å²) in [6, 6.07) is 6.56. The quantitative estimate of drug-likeness (QED) is 0.525. The van der Waals surface area contributed by atoms with Crippen LogP contribution in [-0.2, 0) is 23.9 Å². The van der Waals surface area contributed by atoms with Crippen molar-refractivity contribution in [2.45, 2.75) is 31.3 Å². The number of benzene rings is 1. The Balaban J connectivity index is 1.67. The van der Waals surface area contributed by atoms with Crippen molar-refractivity contribution in [1.82, 2.24) is 9.80 Å². The van der Waals surface area contributed by atoms with E-state index in [9.17, 15) is 24.0 Å². The number of anilines is 1. The molecular weight excluding hydrogens is 390 g/mol. The van der Waals surface area contributed by atoms with Gasteiger partial charge in [0.1, 0.15) is 0 Å². The molecule has 30 heavy (non-hydrogen) atoms. The molecule has 0 N–H and O–H groups in total. The number of ether oxygens (including phenoxy) is 1. The molecule has 3 aliphatic rings. The van der Waals surface area contributed by atoms with Gasteiger partial charge in [0.15, 0.2) is 6.61 Å². The predicted molar refractivity (Wildman–Crippen MR) is 104 cm³/mol. The Morgan fingerprint density at radius 2 is 1.90 bits per heavy atom. The van der Waals surface area contributed by atoms with E-state index in [0.717, 1.165) is 4.90 Å². The van der Waals surface area contributed by atoms with Gasteiger partial charge in [-0.05, 0) is 18.6 Å². The number of carbonyl (C=O) groups is 5. The third-order valence-electron chi connectivity index (χ3n) is 5.71. The summed E-state index contributed by atoms with van der Waals surface area (Å²) < 4.78 is 5.29. The van der Waals surface area contributed by atoms with E-state index in [4.69, 9.17) is 4.74 Å². The zero-order valence-electron chi connectivity index (χ0n) is 16.3. The van der Waals surface area contributed by atoms with E-state index in [0.29, 0.717) is 24.2 Å². The third-order valence-corrected chi connectivity index (χ3v) is 5.71. The number of imide groups is 1. The molecule has 0 saturated carbocycles. The minimum Gasteiger partial charge on any atom is -0.452 e. The van der Waals surface area contributed by atoms with Gasteiger partial charge in [0.05, 0.1) is 11.3 Å². The molecule has 0 unspecified atom stereocenters. The summed E-state index contributed by atoms with van der Waals surface area (Å²) >= 11 is 0. The fraction of sp³-hybridized carbons (Fsp3) is 0.381. The second-order valence-corrected chi connectivity index (χ2v) is 7.39. The fourth-order valence-electron chi connectivity index (χ4n) is 4.36. The van der Waals surface area contributed by atoms with Gasteiger partial charge in [0.25, 0.3) is 11.8 Å². The first-order valence-corrected chi connectivity index (χ1v) is 9.77. The standard InChI is InChI=1S/C21H21N3O6/c1-2-11-23-19(28)14-6-3-4-7-15(14)24-17(26)9-10-21(23,24)20(29)30-13-18(27)22-12-5-8-16(22)25/h2-4,6-7H,1,5,8-13H2/t21-/m0/s1. The average molecular weight is 411 g/mol. The first-order valence-electron chi connectivity index (χ1n) is 9.77. The number of amides is 4. The van der Waals surface area contributed by atoms with E-state index in [2.05, 4.69) is 6.58 Å². The molecule has 3 aliphatic heterocycles. The number of fused-ring (bicyclic) bond motifs is 3. The first kappa shape index (κ1) is 19.8. The topological polar surface area (TPSA) is 104 Å². The number of hydrogen-bond acceptors (Lipinski definition) is 6. The molecule has 1 aromatic rings. The minimum absolute atomic E-state index is 0.0185.